The molecule has 0 radical (unpaired) electrons. The van der Waals surface area contributed by atoms with E-state index in [2.05, 4.69) is 41.0 Å². The highest BCUT2D eigenvalue weighted by Gasteiger charge is 2.29. The van der Waals surface area contributed by atoms with Crippen LogP contribution in [0.3, 0.4) is 0 Å². The van der Waals surface area contributed by atoms with Gasteiger partial charge in [-0.05, 0) is 30.7 Å². The number of nitrogens with zero attached hydrogens (tertiary/aromatic N) is 6. The number of amides is 2. The summed E-state index contributed by atoms with van der Waals surface area (Å²) in [4.78, 5) is 31.1. The van der Waals surface area contributed by atoms with Crippen molar-refractivity contribution < 1.29 is 9.59 Å². The Bertz CT molecular complexity index is 1020. The van der Waals surface area contributed by atoms with Crippen LogP contribution in [0, 0.1) is 5.92 Å². The summed E-state index contributed by atoms with van der Waals surface area (Å²) in [6.45, 7) is 1.46. The van der Waals surface area contributed by atoms with Gasteiger partial charge in [0.05, 0.1) is 6.42 Å². The van der Waals surface area contributed by atoms with E-state index >= 15 is 0 Å². The standard InChI is InChI=1S/C18H20N8O2S2/c1-10(27)21-17-25-23-15(29-17)6-11-2-3-13(4-11)16-24-26-18(30-16)22-14(28)5-12-7-19-9-20-8-12/h7-9,11,13H,2-6H2,1H3,(H,21,25,27)(H,22,26,28). The lowest BCUT2D eigenvalue weighted by molar-refractivity contribution is -0.116. The van der Waals surface area contributed by atoms with Crippen molar-refractivity contribution in [2.45, 2.75) is 44.9 Å². The Kier molecular flexibility index (Phi) is 6.33. The van der Waals surface area contributed by atoms with Gasteiger partial charge in [-0.2, -0.15) is 0 Å². The van der Waals surface area contributed by atoms with Crippen molar-refractivity contribution in [3.63, 3.8) is 0 Å². The predicted octanol–water partition coefficient (Wildman–Crippen LogP) is 2.45. The van der Waals surface area contributed by atoms with Crippen LogP contribution in [0.4, 0.5) is 10.3 Å². The fraction of sp³-hybridized carbons (Fsp3) is 0.444. The second-order valence-corrected chi connectivity index (χ2v) is 9.25. The minimum atomic E-state index is -0.164. The van der Waals surface area contributed by atoms with Gasteiger partial charge in [0.25, 0.3) is 0 Å². The Hall–Kier alpha value is -2.86. The SMILES string of the molecule is CC(=O)Nc1nnc(CC2CCC(c3nnc(NC(=O)Cc4cncnc4)s3)C2)s1. The maximum absolute atomic E-state index is 12.2. The van der Waals surface area contributed by atoms with E-state index < -0.39 is 0 Å². The molecule has 0 saturated heterocycles. The fourth-order valence-corrected chi connectivity index (χ4v) is 5.30. The molecule has 4 rings (SSSR count). The maximum Gasteiger partial charge on any atom is 0.230 e. The monoisotopic (exact) mass is 444 g/mol. The second-order valence-electron chi connectivity index (χ2n) is 7.18. The summed E-state index contributed by atoms with van der Waals surface area (Å²) >= 11 is 2.85. The summed E-state index contributed by atoms with van der Waals surface area (Å²) in [5.41, 5.74) is 0.747. The van der Waals surface area contributed by atoms with E-state index in [0.717, 1.165) is 41.3 Å². The molecule has 0 spiro atoms. The molecule has 10 nitrogen and oxygen atoms in total. The number of hydrogen-bond acceptors (Lipinski definition) is 10. The van der Waals surface area contributed by atoms with Crippen molar-refractivity contribution >= 4 is 44.8 Å². The zero-order valence-electron chi connectivity index (χ0n) is 16.2. The number of carbonyl (C=O) groups excluding carboxylic acids is 2. The van der Waals surface area contributed by atoms with Crippen molar-refractivity contribution in [1.82, 2.24) is 30.4 Å². The smallest absolute Gasteiger partial charge is 0.230 e. The molecule has 156 valence electrons. The fourth-order valence-electron chi connectivity index (χ4n) is 3.49. The van der Waals surface area contributed by atoms with Crippen LogP contribution in [0.25, 0.3) is 0 Å². The molecule has 2 N–H and O–H groups in total. The molecular weight excluding hydrogens is 424 g/mol. The van der Waals surface area contributed by atoms with E-state index in [4.69, 9.17) is 0 Å². The highest BCUT2D eigenvalue weighted by molar-refractivity contribution is 7.15. The Morgan fingerprint density at radius 1 is 1.03 bits per heavy atom. The Morgan fingerprint density at radius 2 is 1.80 bits per heavy atom. The van der Waals surface area contributed by atoms with E-state index in [-0.39, 0.29) is 18.2 Å². The van der Waals surface area contributed by atoms with Crippen LogP contribution in [0.15, 0.2) is 18.7 Å². The molecule has 1 fully saturated rings. The van der Waals surface area contributed by atoms with E-state index in [1.165, 1.54) is 35.9 Å². The van der Waals surface area contributed by atoms with E-state index in [0.29, 0.717) is 22.1 Å². The van der Waals surface area contributed by atoms with E-state index in [1.807, 2.05) is 0 Å². The van der Waals surface area contributed by atoms with Gasteiger partial charge in [-0.25, -0.2) is 9.97 Å². The molecule has 2 unspecified atom stereocenters. The first-order valence-electron chi connectivity index (χ1n) is 9.52. The quantitative estimate of drug-likeness (QED) is 0.567. The molecule has 2 amide bonds. The average Bonchev–Trinajstić information content (AvgIpc) is 3.44. The normalized spacial score (nSPS) is 18.3. The number of hydrogen-bond donors (Lipinski definition) is 2. The summed E-state index contributed by atoms with van der Waals surface area (Å²) < 4.78 is 0. The largest absolute Gasteiger partial charge is 0.301 e. The lowest BCUT2D eigenvalue weighted by Crippen LogP contribution is -2.14. The van der Waals surface area contributed by atoms with Gasteiger partial charge < -0.3 is 10.6 Å². The molecule has 0 bridgehead atoms. The van der Waals surface area contributed by atoms with Crippen LogP contribution in [0.2, 0.25) is 0 Å². The third kappa shape index (κ3) is 5.39. The first kappa shape index (κ1) is 20.4. The minimum absolute atomic E-state index is 0.144. The van der Waals surface area contributed by atoms with Gasteiger partial charge in [0.1, 0.15) is 16.3 Å². The van der Waals surface area contributed by atoms with Crippen LogP contribution < -0.4 is 10.6 Å². The number of carbonyl (C=O) groups is 2. The van der Waals surface area contributed by atoms with Crippen molar-refractivity contribution in [3.8, 4) is 0 Å². The topological polar surface area (TPSA) is 136 Å². The molecule has 30 heavy (non-hydrogen) atoms. The van der Waals surface area contributed by atoms with Crippen molar-refractivity contribution in [2.75, 3.05) is 10.6 Å². The van der Waals surface area contributed by atoms with Crippen LogP contribution >= 0.6 is 22.7 Å². The third-order valence-electron chi connectivity index (χ3n) is 4.77. The summed E-state index contributed by atoms with van der Waals surface area (Å²) in [6.07, 6.45) is 8.82. The first-order valence-corrected chi connectivity index (χ1v) is 11.2. The Morgan fingerprint density at radius 3 is 2.60 bits per heavy atom. The zero-order chi connectivity index (χ0) is 20.9. The average molecular weight is 445 g/mol. The van der Waals surface area contributed by atoms with Gasteiger partial charge in [0, 0.05) is 31.7 Å². The highest BCUT2D eigenvalue weighted by Crippen LogP contribution is 2.41. The summed E-state index contributed by atoms with van der Waals surface area (Å²) in [5, 5.41) is 25.0. The molecule has 3 aromatic rings. The molecule has 1 saturated carbocycles. The van der Waals surface area contributed by atoms with Gasteiger partial charge in [-0.15, -0.1) is 20.4 Å². The molecule has 1 aliphatic carbocycles. The van der Waals surface area contributed by atoms with Crippen LogP contribution in [0.1, 0.15) is 47.7 Å². The second kappa shape index (κ2) is 9.30. The van der Waals surface area contributed by atoms with Gasteiger partial charge in [-0.1, -0.05) is 22.7 Å². The molecule has 3 aromatic heterocycles. The lowest BCUT2D eigenvalue weighted by Gasteiger charge is -2.06. The predicted molar refractivity (Wildman–Crippen MR) is 112 cm³/mol. The molecular formula is C18H20N8O2S2. The summed E-state index contributed by atoms with van der Waals surface area (Å²) in [7, 11) is 0. The number of aromatic nitrogens is 6. The molecule has 1 aliphatic rings. The number of nitrogens with one attached hydrogen (secondary N) is 2. The lowest BCUT2D eigenvalue weighted by atomic mass is 10.0. The molecule has 2 atom stereocenters. The highest BCUT2D eigenvalue weighted by atomic mass is 32.1. The van der Waals surface area contributed by atoms with Crippen molar-refractivity contribution in [2.24, 2.45) is 5.92 Å². The Labute approximate surface area is 180 Å². The summed E-state index contributed by atoms with van der Waals surface area (Å²) in [6, 6.07) is 0. The van der Waals surface area contributed by atoms with E-state index in [1.54, 1.807) is 12.4 Å². The number of anilines is 2. The third-order valence-corrected chi connectivity index (χ3v) is 6.63. The molecule has 0 aliphatic heterocycles. The maximum atomic E-state index is 12.2. The number of rotatable bonds is 7. The van der Waals surface area contributed by atoms with Crippen molar-refractivity contribution in [3.05, 3.63) is 34.3 Å². The van der Waals surface area contributed by atoms with Gasteiger partial charge in [-0.3, -0.25) is 9.59 Å². The molecule has 12 heteroatoms. The summed E-state index contributed by atoms with van der Waals surface area (Å²) in [5.74, 6) is 0.523. The van der Waals surface area contributed by atoms with Gasteiger partial charge >= 0.3 is 0 Å². The van der Waals surface area contributed by atoms with Gasteiger partial charge in [0.2, 0.25) is 22.1 Å². The van der Waals surface area contributed by atoms with Gasteiger partial charge in [0.15, 0.2) is 0 Å². The first-order chi connectivity index (χ1) is 14.5. The Balaban J connectivity index is 1.28. The minimum Gasteiger partial charge on any atom is -0.301 e. The molecule has 0 aromatic carbocycles. The van der Waals surface area contributed by atoms with Crippen LogP contribution in [-0.2, 0) is 22.4 Å². The zero-order valence-corrected chi connectivity index (χ0v) is 17.9. The van der Waals surface area contributed by atoms with E-state index in [9.17, 15) is 9.59 Å². The molecule has 3 heterocycles. The van der Waals surface area contributed by atoms with Crippen LogP contribution in [0.5, 0.6) is 0 Å². The van der Waals surface area contributed by atoms with Crippen LogP contribution in [-0.4, -0.2) is 42.2 Å². The van der Waals surface area contributed by atoms with Crippen molar-refractivity contribution in [1.29, 1.82) is 0 Å².